The van der Waals surface area contributed by atoms with Gasteiger partial charge in [-0.05, 0) is 63.2 Å². The summed E-state index contributed by atoms with van der Waals surface area (Å²) in [6, 6.07) is 7.75. The quantitative estimate of drug-likeness (QED) is 0.826. The average molecular weight is 279 g/mol. The van der Waals surface area contributed by atoms with Crippen molar-refractivity contribution in [1.82, 2.24) is 4.90 Å². The molecule has 0 aliphatic carbocycles. The van der Waals surface area contributed by atoms with Crippen LogP contribution in [0.1, 0.15) is 12.8 Å². The number of hydrogen-bond acceptors (Lipinski definition) is 3. The molecule has 3 N–H and O–H groups in total. The minimum absolute atomic E-state index is 0.260. The summed E-state index contributed by atoms with van der Waals surface area (Å²) in [5.41, 5.74) is 6.34. The number of benzene rings is 1. The van der Waals surface area contributed by atoms with Crippen molar-refractivity contribution in [1.29, 1.82) is 0 Å². The maximum atomic E-state index is 5.92. The van der Waals surface area contributed by atoms with Gasteiger partial charge in [0, 0.05) is 0 Å². The van der Waals surface area contributed by atoms with Gasteiger partial charge in [0.05, 0.1) is 12.3 Å². The highest BCUT2D eigenvalue weighted by Gasteiger charge is 2.17. The maximum Gasteiger partial charge on any atom is 0.168 e. The van der Waals surface area contributed by atoms with Crippen LogP contribution in [-0.2, 0) is 0 Å². The van der Waals surface area contributed by atoms with E-state index >= 15 is 0 Å². The van der Waals surface area contributed by atoms with Crippen molar-refractivity contribution in [2.75, 3.05) is 32.1 Å². The molecule has 19 heavy (non-hydrogen) atoms. The van der Waals surface area contributed by atoms with Gasteiger partial charge >= 0.3 is 0 Å². The fourth-order valence-electron chi connectivity index (χ4n) is 2.26. The fraction of sp³-hybridized carbons (Fsp3) is 0.500. The zero-order valence-electron chi connectivity index (χ0n) is 11.3. The molecule has 0 bridgehead atoms. The Kier molecular flexibility index (Phi) is 4.99. The molecular formula is C14H21N3OS. The van der Waals surface area contributed by atoms with Crippen molar-refractivity contribution in [2.24, 2.45) is 11.7 Å². The van der Waals surface area contributed by atoms with Crippen LogP contribution in [-0.4, -0.2) is 36.8 Å². The van der Waals surface area contributed by atoms with Gasteiger partial charge in [-0.1, -0.05) is 12.1 Å². The lowest BCUT2D eigenvalue weighted by Gasteiger charge is -2.29. The summed E-state index contributed by atoms with van der Waals surface area (Å²) < 4.78 is 5.92. The highest BCUT2D eigenvalue weighted by atomic mass is 32.1. The molecule has 1 aromatic carbocycles. The number of rotatable bonds is 4. The van der Waals surface area contributed by atoms with Crippen LogP contribution in [0.15, 0.2) is 24.3 Å². The Morgan fingerprint density at radius 1 is 1.42 bits per heavy atom. The Balaban J connectivity index is 1.90. The van der Waals surface area contributed by atoms with E-state index in [1.54, 1.807) is 0 Å². The number of thiocarbonyl (C=S) groups is 1. The highest BCUT2D eigenvalue weighted by Crippen LogP contribution is 2.25. The van der Waals surface area contributed by atoms with Gasteiger partial charge in [-0.25, -0.2) is 0 Å². The van der Waals surface area contributed by atoms with E-state index in [1.807, 2.05) is 24.3 Å². The summed E-state index contributed by atoms with van der Waals surface area (Å²) >= 11 is 4.87. The second-order valence-electron chi connectivity index (χ2n) is 5.04. The van der Waals surface area contributed by atoms with E-state index in [9.17, 15) is 0 Å². The molecule has 1 heterocycles. The van der Waals surface area contributed by atoms with E-state index in [2.05, 4.69) is 17.3 Å². The van der Waals surface area contributed by atoms with Crippen molar-refractivity contribution in [3.63, 3.8) is 0 Å². The monoisotopic (exact) mass is 279 g/mol. The zero-order chi connectivity index (χ0) is 13.7. The molecule has 1 aromatic rings. The first-order valence-electron chi connectivity index (χ1n) is 6.62. The lowest BCUT2D eigenvalue weighted by Crippen LogP contribution is -2.32. The third-order valence-corrected chi connectivity index (χ3v) is 3.56. The minimum atomic E-state index is 0.260. The van der Waals surface area contributed by atoms with E-state index in [0.717, 1.165) is 31.1 Å². The van der Waals surface area contributed by atoms with Gasteiger partial charge in [0.2, 0.25) is 0 Å². The number of nitrogens with one attached hydrogen (secondary N) is 1. The first-order chi connectivity index (χ1) is 9.15. The maximum absolute atomic E-state index is 5.92. The molecular weight excluding hydrogens is 258 g/mol. The number of hydrogen-bond donors (Lipinski definition) is 2. The van der Waals surface area contributed by atoms with E-state index < -0.39 is 0 Å². The zero-order valence-corrected chi connectivity index (χ0v) is 12.1. The Morgan fingerprint density at radius 3 is 2.79 bits per heavy atom. The lowest BCUT2D eigenvalue weighted by molar-refractivity contribution is 0.160. The van der Waals surface area contributed by atoms with Gasteiger partial charge in [0.1, 0.15) is 5.75 Å². The van der Waals surface area contributed by atoms with Gasteiger partial charge in [0.25, 0.3) is 0 Å². The Bertz CT molecular complexity index is 430. The molecule has 0 unspecified atom stereocenters. The highest BCUT2D eigenvalue weighted by molar-refractivity contribution is 7.80. The molecule has 1 saturated heterocycles. The van der Waals surface area contributed by atoms with Crippen LogP contribution in [0.3, 0.4) is 0 Å². The largest absolute Gasteiger partial charge is 0.491 e. The molecule has 1 aliphatic heterocycles. The number of nitrogens with two attached hydrogens (primary N) is 1. The normalized spacial score (nSPS) is 17.1. The molecule has 5 heteroatoms. The van der Waals surface area contributed by atoms with Crippen molar-refractivity contribution in [2.45, 2.75) is 12.8 Å². The van der Waals surface area contributed by atoms with Crippen molar-refractivity contribution >= 4 is 23.0 Å². The lowest BCUT2D eigenvalue weighted by atomic mass is 9.98. The fourth-order valence-corrected chi connectivity index (χ4v) is 2.37. The van der Waals surface area contributed by atoms with Crippen LogP contribution >= 0.6 is 12.2 Å². The van der Waals surface area contributed by atoms with Gasteiger partial charge in [-0.2, -0.15) is 0 Å². The summed E-state index contributed by atoms with van der Waals surface area (Å²) in [7, 11) is 2.17. The topological polar surface area (TPSA) is 50.5 Å². The summed E-state index contributed by atoms with van der Waals surface area (Å²) in [6.07, 6.45) is 2.39. The van der Waals surface area contributed by atoms with E-state index in [0.29, 0.717) is 5.92 Å². The molecule has 2 rings (SSSR count). The smallest absolute Gasteiger partial charge is 0.168 e. The Hall–Kier alpha value is -1.33. The third-order valence-electron chi connectivity index (χ3n) is 3.46. The van der Waals surface area contributed by atoms with Crippen LogP contribution in [0.4, 0.5) is 5.69 Å². The predicted octanol–water partition coefficient (Wildman–Crippen LogP) is 2.06. The summed E-state index contributed by atoms with van der Waals surface area (Å²) in [5.74, 6) is 1.45. The Morgan fingerprint density at radius 2 is 2.11 bits per heavy atom. The summed E-state index contributed by atoms with van der Waals surface area (Å²) in [5, 5.41) is 3.20. The number of ether oxygens (including phenoxy) is 1. The second-order valence-corrected chi connectivity index (χ2v) is 5.48. The van der Waals surface area contributed by atoms with Crippen LogP contribution in [0.25, 0.3) is 0 Å². The molecule has 0 atom stereocenters. The van der Waals surface area contributed by atoms with Crippen molar-refractivity contribution in [3.05, 3.63) is 24.3 Å². The third kappa shape index (κ3) is 4.36. The number of para-hydroxylation sites is 2. The summed E-state index contributed by atoms with van der Waals surface area (Å²) in [4.78, 5) is 2.36. The van der Waals surface area contributed by atoms with Crippen molar-refractivity contribution < 1.29 is 4.74 Å². The van der Waals surface area contributed by atoms with E-state index in [4.69, 9.17) is 22.7 Å². The second kappa shape index (κ2) is 6.73. The predicted molar refractivity (Wildman–Crippen MR) is 82.6 cm³/mol. The molecule has 1 aliphatic rings. The average Bonchev–Trinajstić information content (AvgIpc) is 2.39. The first kappa shape index (κ1) is 14.1. The van der Waals surface area contributed by atoms with Gasteiger partial charge in [0.15, 0.2) is 5.11 Å². The summed E-state index contributed by atoms with van der Waals surface area (Å²) in [6.45, 7) is 3.06. The van der Waals surface area contributed by atoms with Gasteiger partial charge < -0.3 is 20.7 Å². The minimum Gasteiger partial charge on any atom is -0.491 e. The molecule has 104 valence electrons. The van der Waals surface area contributed by atoms with E-state index in [1.165, 1.54) is 12.8 Å². The molecule has 4 nitrogen and oxygen atoms in total. The van der Waals surface area contributed by atoms with Crippen LogP contribution in [0.5, 0.6) is 5.75 Å². The van der Waals surface area contributed by atoms with Gasteiger partial charge in [-0.3, -0.25) is 0 Å². The molecule has 0 spiro atoms. The Labute approximate surface area is 119 Å². The van der Waals surface area contributed by atoms with Crippen LogP contribution in [0, 0.1) is 5.92 Å². The van der Waals surface area contributed by atoms with Crippen LogP contribution in [0.2, 0.25) is 0 Å². The molecule has 0 radical (unpaired) electrons. The first-order valence-corrected chi connectivity index (χ1v) is 7.03. The molecule has 0 aromatic heterocycles. The molecule has 0 amide bonds. The van der Waals surface area contributed by atoms with Crippen LogP contribution < -0.4 is 15.8 Å². The van der Waals surface area contributed by atoms with Crippen molar-refractivity contribution in [3.8, 4) is 5.75 Å². The standard InChI is InChI=1S/C14H21N3OS/c1-17-8-6-11(7-9-17)10-18-13-5-3-2-4-12(13)16-14(15)19/h2-5,11H,6-10H2,1H3,(H3,15,16,19). The molecule has 0 saturated carbocycles. The number of nitrogens with zero attached hydrogens (tertiary/aromatic N) is 1. The number of piperidine rings is 1. The molecule has 1 fully saturated rings. The van der Waals surface area contributed by atoms with E-state index in [-0.39, 0.29) is 5.11 Å². The van der Waals surface area contributed by atoms with Gasteiger partial charge in [-0.15, -0.1) is 0 Å². The SMILES string of the molecule is CN1CCC(COc2ccccc2NC(N)=S)CC1. The number of likely N-dealkylation sites (tertiary alicyclic amines) is 1. The number of anilines is 1.